The zero-order valence-corrected chi connectivity index (χ0v) is 16.8. The van der Waals surface area contributed by atoms with Crippen LogP contribution in [0.25, 0.3) is 0 Å². The van der Waals surface area contributed by atoms with Gasteiger partial charge in [-0.1, -0.05) is 36.8 Å². The lowest BCUT2D eigenvalue weighted by atomic mass is 9.64. The summed E-state index contributed by atoms with van der Waals surface area (Å²) in [4.78, 5) is 13.3. The second-order valence-electron chi connectivity index (χ2n) is 7.41. The Balaban J connectivity index is 1.51. The van der Waals surface area contributed by atoms with Crippen molar-refractivity contribution in [1.82, 2.24) is 9.62 Å². The predicted octanol–water partition coefficient (Wildman–Crippen LogP) is 3.38. The van der Waals surface area contributed by atoms with Crippen LogP contribution in [-0.4, -0.2) is 38.3 Å². The molecule has 0 radical (unpaired) electrons. The second-order valence-corrected chi connectivity index (χ2v) is 10.2. The largest absolute Gasteiger partial charge is 0.350 e. The molecule has 0 unspecified atom stereocenters. The van der Waals surface area contributed by atoms with E-state index in [1.807, 2.05) is 18.2 Å². The van der Waals surface area contributed by atoms with Crippen LogP contribution < -0.4 is 5.32 Å². The molecule has 2 aliphatic rings. The van der Waals surface area contributed by atoms with Gasteiger partial charge in [-0.25, -0.2) is 8.42 Å². The summed E-state index contributed by atoms with van der Waals surface area (Å²) in [6.45, 7) is 1.61. The molecule has 2 fully saturated rings. The summed E-state index contributed by atoms with van der Waals surface area (Å²) in [7, 11) is -3.59. The van der Waals surface area contributed by atoms with Gasteiger partial charge >= 0.3 is 0 Å². The first-order chi connectivity index (χ1) is 13.0. The average molecular weight is 405 g/mol. The summed E-state index contributed by atoms with van der Waals surface area (Å²) in [5.74, 6) is -0.287. The Bertz CT molecular complexity index is 912. The maximum Gasteiger partial charge on any atom is 0.262 e. The van der Waals surface area contributed by atoms with Crippen molar-refractivity contribution in [2.75, 3.05) is 19.6 Å². The van der Waals surface area contributed by atoms with Gasteiger partial charge in [-0.05, 0) is 42.7 Å². The first kappa shape index (κ1) is 18.7. The number of thiophene rings is 1. The lowest BCUT2D eigenvalue weighted by molar-refractivity contribution is 0.0929. The highest BCUT2D eigenvalue weighted by Crippen LogP contribution is 2.43. The van der Waals surface area contributed by atoms with Crippen molar-refractivity contribution in [3.63, 3.8) is 0 Å². The zero-order chi connectivity index (χ0) is 18.9. The van der Waals surface area contributed by atoms with Crippen LogP contribution in [0.1, 0.15) is 47.3 Å². The molecule has 4 rings (SSSR count). The Morgan fingerprint density at radius 3 is 2.41 bits per heavy atom. The minimum absolute atomic E-state index is 0.0256. The van der Waals surface area contributed by atoms with Gasteiger partial charge in [0.05, 0.1) is 0 Å². The van der Waals surface area contributed by atoms with Crippen LogP contribution in [0.4, 0.5) is 0 Å². The number of nitrogens with zero attached hydrogens (tertiary/aromatic N) is 1. The number of rotatable bonds is 6. The van der Waals surface area contributed by atoms with Crippen LogP contribution in [0.3, 0.4) is 0 Å². The monoisotopic (exact) mass is 404 g/mol. The maximum absolute atomic E-state index is 12.9. The van der Waals surface area contributed by atoms with E-state index in [9.17, 15) is 13.2 Å². The molecule has 2 aromatic rings. The molecule has 1 aromatic carbocycles. The van der Waals surface area contributed by atoms with E-state index in [1.54, 1.807) is 11.4 Å². The third-order valence-corrected chi connectivity index (χ3v) is 8.79. The fraction of sp³-hybridized carbons (Fsp3) is 0.450. The Kier molecular flexibility index (Phi) is 5.09. The summed E-state index contributed by atoms with van der Waals surface area (Å²) in [5.41, 5.74) is 1.22. The molecule has 1 aliphatic heterocycles. The van der Waals surface area contributed by atoms with E-state index in [0.717, 1.165) is 32.1 Å². The van der Waals surface area contributed by atoms with Crippen molar-refractivity contribution in [2.45, 2.75) is 42.4 Å². The highest BCUT2D eigenvalue weighted by Gasteiger charge is 2.39. The SMILES string of the molecule is O=C(NCC1(c2ccccc2)CCC1)c1sccc1S(=O)(=O)N1CCCC1. The van der Waals surface area contributed by atoms with Crippen molar-refractivity contribution in [3.05, 3.63) is 52.2 Å². The molecule has 1 saturated heterocycles. The van der Waals surface area contributed by atoms with E-state index < -0.39 is 10.0 Å². The van der Waals surface area contributed by atoms with Crippen LogP contribution in [0.2, 0.25) is 0 Å². The Labute approximate surface area is 164 Å². The molecule has 1 amide bonds. The topological polar surface area (TPSA) is 66.5 Å². The van der Waals surface area contributed by atoms with Gasteiger partial charge in [-0.2, -0.15) is 4.31 Å². The molecule has 0 atom stereocenters. The molecular weight excluding hydrogens is 380 g/mol. The van der Waals surface area contributed by atoms with Crippen LogP contribution in [0, 0.1) is 0 Å². The first-order valence-corrected chi connectivity index (χ1v) is 11.8. The molecule has 5 nitrogen and oxygen atoms in total. The normalized spacial score (nSPS) is 19.6. The van der Waals surface area contributed by atoms with E-state index in [0.29, 0.717) is 24.5 Å². The van der Waals surface area contributed by atoms with Gasteiger partial charge in [0.25, 0.3) is 5.91 Å². The average Bonchev–Trinajstić information content (AvgIpc) is 3.34. The standard InChI is InChI=1S/C20H24N2O3S2/c23-19(21-15-20(10-6-11-20)16-7-2-1-3-8-16)18-17(9-14-26-18)27(24,25)22-12-4-5-13-22/h1-3,7-9,14H,4-6,10-13,15H2,(H,21,23). The van der Waals surface area contributed by atoms with Crippen molar-refractivity contribution in [3.8, 4) is 0 Å². The lowest BCUT2D eigenvalue weighted by Crippen LogP contribution is -2.45. The second kappa shape index (κ2) is 7.37. The van der Waals surface area contributed by atoms with E-state index in [1.165, 1.54) is 21.2 Å². The van der Waals surface area contributed by atoms with E-state index in [4.69, 9.17) is 0 Å². The molecule has 144 valence electrons. The van der Waals surface area contributed by atoms with E-state index >= 15 is 0 Å². The van der Waals surface area contributed by atoms with Gasteiger partial charge in [-0.15, -0.1) is 11.3 Å². The number of nitrogens with one attached hydrogen (secondary N) is 1. The predicted molar refractivity (Wildman–Crippen MR) is 107 cm³/mol. The summed E-state index contributed by atoms with van der Waals surface area (Å²) < 4.78 is 27.2. The van der Waals surface area contributed by atoms with E-state index in [2.05, 4.69) is 17.4 Å². The maximum atomic E-state index is 12.9. The number of sulfonamides is 1. The summed E-state index contributed by atoms with van der Waals surface area (Å²) >= 11 is 1.20. The molecule has 1 aliphatic carbocycles. The van der Waals surface area contributed by atoms with Gasteiger partial charge in [0.1, 0.15) is 9.77 Å². The molecule has 7 heteroatoms. The Morgan fingerprint density at radius 2 is 1.78 bits per heavy atom. The number of carbonyl (C=O) groups is 1. The van der Waals surface area contributed by atoms with Gasteiger partial charge in [0, 0.05) is 25.0 Å². The molecule has 27 heavy (non-hydrogen) atoms. The Hall–Kier alpha value is -1.70. The van der Waals surface area contributed by atoms with Crippen LogP contribution in [-0.2, 0) is 15.4 Å². The first-order valence-electron chi connectivity index (χ1n) is 9.44. The third kappa shape index (κ3) is 3.44. The molecule has 1 saturated carbocycles. The third-order valence-electron chi connectivity index (χ3n) is 5.80. The van der Waals surface area contributed by atoms with E-state index in [-0.39, 0.29) is 16.2 Å². The van der Waals surface area contributed by atoms with Gasteiger partial charge in [0.2, 0.25) is 10.0 Å². The van der Waals surface area contributed by atoms with Crippen molar-refractivity contribution in [1.29, 1.82) is 0 Å². The summed E-state index contributed by atoms with van der Waals surface area (Å²) in [5, 5.41) is 4.71. The van der Waals surface area contributed by atoms with Crippen molar-refractivity contribution < 1.29 is 13.2 Å². The fourth-order valence-electron chi connectivity index (χ4n) is 4.03. The fourth-order valence-corrected chi connectivity index (χ4v) is 6.86. The highest BCUT2D eigenvalue weighted by molar-refractivity contribution is 7.89. The highest BCUT2D eigenvalue weighted by atomic mass is 32.2. The summed E-state index contributed by atoms with van der Waals surface area (Å²) in [6, 6.07) is 11.8. The van der Waals surface area contributed by atoms with Gasteiger partial charge < -0.3 is 5.32 Å². The minimum atomic E-state index is -3.59. The van der Waals surface area contributed by atoms with Crippen LogP contribution in [0.5, 0.6) is 0 Å². The van der Waals surface area contributed by atoms with Gasteiger partial charge in [0.15, 0.2) is 0 Å². The molecule has 1 N–H and O–H groups in total. The number of carbonyl (C=O) groups excluding carboxylic acids is 1. The smallest absolute Gasteiger partial charge is 0.262 e. The molecule has 0 spiro atoms. The molecule has 2 heterocycles. The molecule has 1 aromatic heterocycles. The number of hydrogen-bond acceptors (Lipinski definition) is 4. The number of benzene rings is 1. The van der Waals surface area contributed by atoms with Crippen molar-refractivity contribution in [2.24, 2.45) is 0 Å². The lowest BCUT2D eigenvalue weighted by Gasteiger charge is -2.42. The zero-order valence-electron chi connectivity index (χ0n) is 15.2. The van der Waals surface area contributed by atoms with Crippen LogP contribution >= 0.6 is 11.3 Å². The van der Waals surface area contributed by atoms with Gasteiger partial charge in [-0.3, -0.25) is 4.79 Å². The Morgan fingerprint density at radius 1 is 1.07 bits per heavy atom. The van der Waals surface area contributed by atoms with Crippen molar-refractivity contribution >= 4 is 27.3 Å². The number of hydrogen-bond donors (Lipinski definition) is 1. The summed E-state index contributed by atoms with van der Waals surface area (Å²) in [6.07, 6.45) is 4.99. The quantitative estimate of drug-likeness (QED) is 0.803. The molecular formula is C20H24N2O3S2. The molecule has 0 bridgehead atoms. The number of amides is 1. The van der Waals surface area contributed by atoms with Crippen LogP contribution in [0.15, 0.2) is 46.7 Å². The minimum Gasteiger partial charge on any atom is -0.350 e.